The van der Waals surface area contributed by atoms with E-state index in [9.17, 15) is 9.59 Å². The van der Waals surface area contributed by atoms with Crippen molar-refractivity contribution in [2.75, 3.05) is 24.9 Å². The van der Waals surface area contributed by atoms with Gasteiger partial charge in [0.1, 0.15) is 0 Å². The molecule has 0 atom stereocenters. The van der Waals surface area contributed by atoms with Gasteiger partial charge in [-0.2, -0.15) is 0 Å². The number of methoxy groups -OCH3 is 2. The molecule has 0 aliphatic rings. The van der Waals surface area contributed by atoms with Crippen molar-refractivity contribution >= 4 is 34.0 Å². The first kappa shape index (κ1) is 19.4. The lowest BCUT2D eigenvalue weighted by Gasteiger charge is -2.09. The lowest BCUT2D eigenvalue weighted by atomic mass is 10.1. The largest absolute Gasteiger partial charge is 0.493 e. The molecule has 0 radical (unpaired) electrons. The first-order valence-corrected chi connectivity index (χ1v) is 9.25. The van der Waals surface area contributed by atoms with Crippen LogP contribution in [0.2, 0.25) is 0 Å². The molecule has 2 amide bonds. The zero-order chi connectivity index (χ0) is 20.1. The van der Waals surface area contributed by atoms with Crippen molar-refractivity contribution in [1.82, 2.24) is 4.98 Å². The minimum absolute atomic E-state index is 0.124. The minimum Gasteiger partial charge on any atom is -0.493 e. The number of hydrogen-bond acceptors (Lipinski definition) is 6. The predicted molar refractivity (Wildman–Crippen MR) is 109 cm³/mol. The highest BCUT2D eigenvalue weighted by molar-refractivity contribution is 7.14. The molecule has 0 aliphatic carbocycles. The van der Waals surface area contributed by atoms with E-state index in [1.807, 2.05) is 17.5 Å². The van der Waals surface area contributed by atoms with Crippen molar-refractivity contribution in [3.63, 3.8) is 0 Å². The second-order valence-electron chi connectivity index (χ2n) is 5.82. The van der Waals surface area contributed by atoms with Crippen molar-refractivity contribution in [2.24, 2.45) is 0 Å². The van der Waals surface area contributed by atoms with E-state index >= 15 is 0 Å². The van der Waals surface area contributed by atoms with Gasteiger partial charge in [0.25, 0.3) is 5.91 Å². The lowest BCUT2D eigenvalue weighted by Crippen LogP contribution is -2.12. The molecule has 0 fully saturated rings. The number of nitrogens with one attached hydrogen (secondary N) is 2. The molecule has 0 unspecified atom stereocenters. The van der Waals surface area contributed by atoms with E-state index < -0.39 is 0 Å². The zero-order valence-electron chi connectivity index (χ0n) is 15.6. The Morgan fingerprint density at radius 1 is 0.964 bits per heavy atom. The van der Waals surface area contributed by atoms with Crippen molar-refractivity contribution in [1.29, 1.82) is 0 Å². The number of amides is 2. The van der Waals surface area contributed by atoms with Crippen LogP contribution in [0.5, 0.6) is 11.5 Å². The van der Waals surface area contributed by atoms with Gasteiger partial charge in [-0.1, -0.05) is 12.1 Å². The quantitative estimate of drug-likeness (QED) is 0.655. The normalized spacial score (nSPS) is 10.2. The van der Waals surface area contributed by atoms with Crippen LogP contribution in [0.1, 0.15) is 17.3 Å². The van der Waals surface area contributed by atoms with Gasteiger partial charge in [0.2, 0.25) is 5.91 Å². The molecule has 1 heterocycles. The fourth-order valence-corrected chi connectivity index (χ4v) is 3.25. The standard InChI is InChI=1S/C20H19N3O4S/c1-12(24)21-15-7-4-13(5-8-15)16-11-28-20(22-16)23-19(25)14-6-9-17(26-2)18(10-14)27-3/h4-11H,1-3H3,(H,21,24)(H,22,23,25). The summed E-state index contributed by atoms with van der Waals surface area (Å²) in [6.45, 7) is 1.46. The SMILES string of the molecule is COc1ccc(C(=O)Nc2nc(-c3ccc(NC(C)=O)cc3)cs2)cc1OC. The van der Waals surface area contributed by atoms with Gasteiger partial charge >= 0.3 is 0 Å². The van der Waals surface area contributed by atoms with Crippen LogP contribution in [-0.4, -0.2) is 31.0 Å². The summed E-state index contributed by atoms with van der Waals surface area (Å²) in [5.74, 6) is 0.622. The number of aromatic nitrogens is 1. The monoisotopic (exact) mass is 397 g/mol. The molecule has 3 aromatic rings. The summed E-state index contributed by atoms with van der Waals surface area (Å²) in [5, 5.41) is 7.85. The zero-order valence-corrected chi connectivity index (χ0v) is 16.4. The number of benzene rings is 2. The molecule has 144 valence electrons. The highest BCUT2D eigenvalue weighted by Gasteiger charge is 2.13. The highest BCUT2D eigenvalue weighted by atomic mass is 32.1. The Balaban J connectivity index is 1.72. The molecule has 28 heavy (non-hydrogen) atoms. The van der Waals surface area contributed by atoms with Gasteiger partial charge < -0.3 is 14.8 Å². The Hall–Kier alpha value is -3.39. The smallest absolute Gasteiger partial charge is 0.257 e. The first-order chi connectivity index (χ1) is 13.5. The van der Waals surface area contributed by atoms with Gasteiger partial charge in [-0.25, -0.2) is 4.98 Å². The van der Waals surface area contributed by atoms with Crippen LogP contribution < -0.4 is 20.1 Å². The molecular weight excluding hydrogens is 378 g/mol. The lowest BCUT2D eigenvalue weighted by molar-refractivity contribution is -0.114. The number of nitrogens with zero attached hydrogens (tertiary/aromatic N) is 1. The first-order valence-electron chi connectivity index (χ1n) is 8.37. The van der Waals surface area contributed by atoms with E-state index in [2.05, 4.69) is 15.6 Å². The molecule has 0 saturated carbocycles. The number of carbonyl (C=O) groups excluding carboxylic acids is 2. The predicted octanol–water partition coefficient (Wildman–Crippen LogP) is 4.04. The number of carbonyl (C=O) groups is 2. The third-order valence-electron chi connectivity index (χ3n) is 3.87. The molecule has 0 spiro atoms. The minimum atomic E-state index is -0.289. The average Bonchev–Trinajstić information content (AvgIpc) is 3.15. The van der Waals surface area contributed by atoms with E-state index in [0.29, 0.717) is 27.9 Å². The molecule has 2 aromatic carbocycles. The number of rotatable bonds is 6. The van der Waals surface area contributed by atoms with Crippen molar-refractivity contribution in [3.05, 3.63) is 53.4 Å². The van der Waals surface area contributed by atoms with Crippen LogP contribution in [0.15, 0.2) is 47.8 Å². The van der Waals surface area contributed by atoms with Crippen molar-refractivity contribution in [2.45, 2.75) is 6.92 Å². The summed E-state index contributed by atoms with van der Waals surface area (Å²) in [7, 11) is 3.06. The topological polar surface area (TPSA) is 89.5 Å². The second kappa shape index (κ2) is 8.53. The maximum Gasteiger partial charge on any atom is 0.257 e. The summed E-state index contributed by atoms with van der Waals surface area (Å²) < 4.78 is 10.4. The molecular formula is C20H19N3O4S. The third kappa shape index (κ3) is 4.47. The van der Waals surface area contributed by atoms with Gasteiger partial charge in [-0.05, 0) is 30.3 Å². The van der Waals surface area contributed by atoms with Crippen LogP contribution in [0.3, 0.4) is 0 Å². The number of hydrogen-bond donors (Lipinski definition) is 2. The summed E-state index contributed by atoms with van der Waals surface area (Å²) in [4.78, 5) is 28.0. The Morgan fingerprint density at radius 2 is 1.68 bits per heavy atom. The number of ether oxygens (including phenoxy) is 2. The number of anilines is 2. The molecule has 0 aliphatic heterocycles. The number of thiazole rings is 1. The van der Waals surface area contributed by atoms with Gasteiger partial charge in [-0.15, -0.1) is 11.3 Å². The summed E-state index contributed by atoms with van der Waals surface area (Å²) >= 11 is 1.33. The van der Waals surface area contributed by atoms with Crippen LogP contribution in [0, 0.1) is 0 Å². The second-order valence-corrected chi connectivity index (χ2v) is 6.68. The molecule has 0 bridgehead atoms. The van der Waals surface area contributed by atoms with Crippen LogP contribution in [0.4, 0.5) is 10.8 Å². The fourth-order valence-electron chi connectivity index (χ4n) is 2.54. The van der Waals surface area contributed by atoms with E-state index in [0.717, 1.165) is 11.3 Å². The van der Waals surface area contributed by atoms with Gasteiger partial charge in [-0.3, -0.25) is 14.9 Å². The van der Waals surface area contributed by atoms with E-state index in [4.69, 9.17) is 9.47 Å². The van der Waals surface area contributed by atoms with Crippen LogP contribution in [0.25, 0.3) is 11.3 Å². The summed E-state index contributed by atoms with van der Waals surface area (Å²) in [6.07, 6.45) is 0. The molecule has 2 N–H and O–H groups in total. The fraction of sp³-hybridized carbons (Fsp3) is 0.150. The van der Waals surface area contributed by atoms with Crippen LogP contribution in [-0.2, 0) is 4.79 Å². The van der Waals surface area contributed by atoms with E-state index in [1.54, 1.807) is 30.3 Å². The summed E-state index contributed by atoms with van der Waals surface area (Å²) in [6, 6.07) is 12.3. The van der Waals surface area contributed by atoms with Gasteiger partial charge in [0, 0.05) is 29.1 Å². The van der Waals surface area contributed by atoms with Gasteiger partial charge in [0.15, 0.2) is 16.6 Å². The maximum absolute atomic E-state index is 12.5. The Kier molecular flexibility index (Phi) is 5.90. The average molecular weight is 397 g/mol. The van der Waals surface area contributed by atoms with Crippen LogP contribution >= 0.6 is 11.3 Å². The van der Waals surface area contributed by atoms with E-state index in [1.165, 1.54) is 32.5 Å². The third-order valence-corrected chi connectivity index (χ3v) is 4.63. The molecule has 0 saturated heterocycles. The van der Waals surface area contributed by atoms with E-state index in [-0.39, 0.29) is 11.8 Å². The van der Waals surface area contributed by atoms with Gasteiger partial charge in [0.05, 0.1) is 19.9 Å². The Bertz CT molecular complexity index is 999. The van der Waals surface area contributed by atoms with Crippen molar-refractivity contribution in [3.8, 4) is 22.8 Å². The summed E-state index contributed by atoms with van der Waals surface area (Å²) in [5.41, 5.74) is 2.78. The molecule has 3 rings (SSSR count). The molecule has 1 aromatic heterocycles. The Labute approximate surface area is 166 Å². The highest BCUT2D eigenvalue weighted by Crippen LogP contribution is 2.29. The Morgan fingerprint density at radius 3 is 2.32 bits per heavy atom. The maximum atomic E-state index is 12.5. The van der Waals surface area contributed by atoms with Crippen molar-refractivity contribution < 1.29 is 19.1 Å². The molecule has 8 heteroatoms. The molecule has 7 nitrogen and oxygen atoms in total.